The molecule has 1 amide bonds. The van der Waals surface area contributed by atoms with Gasteiger partial charge in [-0.2, -0.15) is 5.10 Å². The summed E-state index contributed by atoms with van der Waals surface area (Å²) in [5, 5.41) is 9.16. The summed E-state index contributed by atoms with van der Waals surface area (Å²) < 4.78 is 5.36. The summed E-state index contributed by atoms with van der Waals surface area (Å²) in [6, 6.07) is 8.17. The van der Waals surface area contributed by atoms with Crippen molar-refractivity contribution in [1.29, 1.82) is 0 Å². The lowest BCUT2D eigenvalue weighted by Crippen LogP contribution is -2.27. The summed E-state index contributed by atoms with van der Waals surface area (Å²) in [7, 11) is 0. The van der Waals surface area contributed by atoms with Gasteiger partial charge in [-0.15, -0.1) is 0 Å². The third-order valence-corrected chi connectivity index (χ3v) is 3.20. The number of amides is 1. The predicted octanol–water partition coefficient (Wildman–Crippen LogP) is 1.79. The molecule has 0 unspecified atom stereocenters. The molecular formula is C15H16ClN3O3. The van der Waals surface area contributed by atoms with Crippen molar-refractivity contribution in [2.24, 2.45) is 0 Å². The Labute approximate surface area is 132 Å². The zero-order valence-corrected chi connectivity index (χ0v) is 12.8. The number of rotatable bonds is 6. The summed E-state index contributed by atoms with van der Waals surface area (Å²) in [6.45, 7) is 2.88. The Morgan fingerprint density at radius 1 is 1.36 bits per heavy atom. The molecule has 0 radical (unpaired) electrons. The molecule has 6 nitrogen and oxygen atoms in total. The van der Waals surface area contributed by atoms with Crippen LogP contribution in [-0.4, -0.2) is 29.3 Å². The fourth-order valence-corrected chi connectivity index (χ4v) is 2.11. The first-order valence-electron chi connectivity index (χ1n) is 6.85. The zero-order chi connectivity index (χ0) is 15.9. The third-order valence-electron chi connectivity index (χ3n) is 2.91. The predicted molar refractivity (Wildman–Crippen MR) is 83.5 cm³/mol. The van der Waals surface area contributed by atoms with Gasteiger partial charge in [0.1, 0.15) is 11.4 Å². The van der Waals surface area contributed by atoms with Crippen molar-refractivity contribution in [2.45, 2.75) is 13.3 Å². The molecule has 2 N–H and O–H groups in total. The van der Waals surface area contributed by atoms with Gasteiger partial charge in [0.2, 0.25) is 0 Å². The molecule has 1 aromatic carbocycles. The lowest BCUT2D eigenvalue weighted by Gasteiger charge is -2.08. The van der Waals surface area contributed by atoms with Crippen molar-refractivity contribution >= 4 is 17.5 Å². The van der Waals surface area contributed by atoms with E-state index in [1.807, 2.05) is 25.1 Å². The second-order valence-corrected chi connectivity index (χ2v) is 4.92. The quantitative estimate of drug-likeness (QED) is 0.849. The van der Waals surface area contributed by atoms with E-state index in [0.717, 1.165) is 5.56 Å². The highest BCUT2D eigenvalue weighted by Crippen LogP contribution is 2.25. The largest absolute Gasteiger partial charge is 0.492 e. The van der Waals surface area contributed by atoms with E-state index in [-0.39, 0.29) is 17.2 Å². The summed E-state index contributed by atoms with van der Waals surface area (Å²) >= 11 is 6.10. The number of hydrogen-bond acceptors (Lipinski definition) is 4. The van der Waals surface area contributed by atoms with E-state index in [9.17, 15) is 9.59 Å². The molecule has 0 aliphatic rings. The molecule has 0 atom stereocenters. The maximum atomic E-state index is 11.8. The number of aromatic amines is 1. The van der Waals surface area contributed by atoms with Gasteiger partial charge in [0.05, 0.1) is 11.6 Å². The molecule has 0 aliphatic heterocycles. The smallest absolute Gasteiger partial charge is 0.271 e. The van der Waals surface area contributed by atoms with Crippen LogP contribution in [0.1, 0.15) is 23.0 Å². The van der Waals surface area contributed by atoms with Crippen LogP contribution in [0, 0.1) is 0 Å². The number of halogens is 1. The molecule has 0 saturated heterocycles. The van der Waals surface area contributed by atoms with E-state index in [2.05, 4.69) is 15.5 Å². The number of carbonyl (C=O) groups is 1. The number of nitrogens with one attached hydrogen (secondary N) is 2. The Bertz CT molecular complexity index is 695. The van der Waals surface area contributed by atoms with Crippen LogP contribution in [0.25, 0.3) is 0 Å². The summed E-state index contributed by atoms with van der Waals surface area (Å²) in [5.41, 5.74) is 0.813. The van der Waals surface area contributed by atoms with Crippen molar-refractivity contribution in [3.63, 3.8) is 0 Å². The standard InChI is InChI=1S/C15H16ClN3O3/c1-2-22-13-5-3-10(9-11(13)16)7-8-17-15(21)12-4-6-14(20)19-18-12/h3-6,9H,2,7-8H2,1H3,(H,17,21)(H,19,20). The monoisotopic (exact) mass is 321 g/mol. The highest BCUT2D eigenvalue weighted by Gasteiger charge is 2.07. The molecule has 1 aromatic heterocycles. The number of hydrogen-bond donors (Lipinski definition) is 2. The topological polar surface area (TPSA) is 84.1 Å². The number of benzene rings is 1. The molecule has 116 valence electrons. The maximum Gasteiger partial charge on any atom is 0.271 e. The average Bonchev–Trinajstić information content (AvgIpc) is 2.50. The van der Waals surface area contributed by atoms with E-state index in [1.165, 1.54) is 12.1 Å². The lowest BCUT2D eigenvalue weighted by atomic mass is 10.1. The Hall–Kier alpha value is -2.34. The molecule has 2 aromatic rings. The van der Waals surface area contributed by atoms with E-state index >= 15 is 0 Å². The molecule has 0 fully saturated rings. The molecule has 1 heterocycles. The molecule has 0 bridgehead atoms. The number of H-pyrrole nitrogens is 1. The van der Waals surface area contributed by atoms with Crippen LogP contribution in [0.2, 0.25) is 5.02 Å². The fourth-order valence-electron chi connectivity index (χ4n) is 1.85. The van der Waals surface area contributed by atoms with E-state index in [0.29, 0.717) is 30.3 Å². The lowest BCUT2D eigenvalue weighted by molar-refractivity contribution is 0.0948. The van der Waals surface area contributed by atoms with Gasteiger partial charge in [0.25, 0.3) is 11.5 Å². The first kappa shape index (κ1) is 16.0. The first-order chi connectivity index (χ1) is 10.6. The minimum absolute atomic E-state index is 0.171. The minimum Gasteiger partial charge on any atom is -0.492 e. The molecule has 22 heavy (non-hydrogen) atoms. The van der Waals surface area contributed by atoms with Gasteiger partial charge in [0.15, 0.2) is 0 Å². The summed E-state index contributed by atoms with van der Waals surface area (Å²) in [6.07, 6.45) is 0.626. The van der Waals surface area contributed by atoms with Gasteiger partial charge in [-0.05, 0) is 37.1 Å². The number of carbonyl (C=O) groups excluding carboxylic acids is 1. The van der Waals surface area contributed by atoms with Gasteiger partial charge in [-0.1, -0.05) is 17.7 Å². The molecular weight excluding hydrogens is 306 g/mol. The highest BCUT2D eigenvalue weighted by atomic mass is 35.5. The number of aromatic nitrogens is 2. The Balaban J connectivity index is 1.88. The van der Waals surface area contributed by atoms with Crippen LogP contribution in [0.5, 0.6) is 5.75 Å². The van der Waals surface area contributed by atoms with Gasteiger partial charge < -0.3 is 10.1 Å². The normalized spacial score (nSPS) is 10.3. The van der Waals surface area contributed by atoms with Crippen molar-refractivity contribution in [1.82, 2.24) is 15.5 Å². The number of ether oxygens (including phenoxy) is 1. The Morgan fingerprint density at radius 3 is 2.82 bits per heavy atom. The first-order valence-corrected chi connectivity index (χ1v) is 7.23. The van der Waals surface area contributed by atoms with E-state index < -0.39 is 0 Å². The molecule has 0 saturated carbocycles. The summed E-state index contributed by atoms with van der Waals surface area (Å²) in [5.74, 6) is 0.308. The third kappa shape index (κ3) is 4.33. The van der Waals surface area contributed by atoms with E-state index in [4.69, 9.17) is 16.3 Å². The van der Waals surface area contributed by atoms with Gasteiger partial charge in [-0.3, -0.25) is 9.59 Å². The van der Waals surface area contributed by atoms with Crippen LogP contribution < -0.4 is 15.6 Å². The Kier molecular flexibility index (Phi) is 5.55. The van der Waals surface area contributed by atoms with Crippen LogP contribution in [-0.2, 0) is 6.42 Å². The SMILES string of the molecule is CCOc1ccc(CCNC(=O)c2ccc(=O)[nH]n2)cc1Cl. The van der Waals surface area contributed by atoms with Crippen LogP contribution in [0.4, 0.5) is 0 Å². The van der Waals surface area contributed by atoms with Crippen LogP contribution in [0.3, 0.4) is 0 Å². The zero-order valence-electron chi connectivity index (χ0n) is 12.1. The van der Waals surface area contributed by atoms with Crippen molar-refractivity contribution < 1.29 is 9.53 Å². The van der Waals surface area contributed by atoms with Crippen LogP contribution in [0.15, 0.2) is 35.1 Å². The van der Waals surface area contributed by atoms with Crippen molar-refractivity contribution in [3.8, 4) is 5.75 Å². The van der Waals surface area contributed by atoms with Gasteiger partial charge in [0, 0.05) is 12.6 Å². The fraction of sp³-hybridized carbons (Fsp3) is 0.267. The van der Waals surface area contributed by atoms with Crippen molar-refractivity contribution in [2.75, 3.05) is 13.2 Å². The molecule has 0 spiro atoms. The maximum absolute atomic E-state index is 11.8. The highest BCUT2D eigenvalue weighted by molar-refractivity contribution is 6.32. The molecule has 7 heteroatoms. The van der Waals surface area contributed by atoms with E-state index in [1.54, 1.807) is 0 Å². The second-order valence-electron chi connectivity index (χ2n) is 4.51. The summed E-state index contributed by atoms with van der Waals surface area (Å²) in [4.78, 5) is 22.7. The molecule has 0 aliphatic carbocycles. The van der Waals surface area contributed by atoms with Crippen LogP contribution >= 0.6 is 11.6 Å². The number of nitrogens with zero attached hydrogens (tertiary/aromatic N) is 1. The second kappa shape index (κ2) is 7.61. The minimum atomic E-state index is -0.347. The van der Waals surface area contributed by atoms with Gasteiger partial charge >= 0.3 is 0 Å². The average molecular weight is 322 g/mol. The Morgan fingerprint density at radius 2 is 2.18 bits per heavy atom. The molecule has 2 rings (SSSR count). The van der Waals surface area contributed by atoms with Gasteiger partial charge in [-0.25, -0.2) is 5.10 Å². The van der Waals surface area contributed by atoms with Crippen molar-refractivity contribution in [3.05, 3.63) is 57.0 Å².